The SMILES string of the molecule is Cc1noc2nc(C(C)(C)C)[nH]c(=O)c12. The molecule has 5 nitrogen and oxygen atoms in total. The average molecular weight is 207 g/mol. The molecule has 0 fully saturated rings. The number of aromatic amines is 1. The Balaban J connectivity index is 2.81. The van der Waals surface area contributed by atoms with Crippen LogP contribution < -0.4 is 5.56 Å². The van der Waals surface area contributed by atoms with E-state index in [1.807, 2.05) is 20.8 Å². The lowest BCUT2D eigenvalue weighted by molar-refractivity contribution is 0.437. The van der Waals surface area contributed by atoms with Crippen molar-refractivity contribution in [2.75, 3.05) is 0 Å². The Bertz CT molecular complexity index is 560. The van der Waals surface area contributed by atoms with E-state index in [9.17, 15) is 4.79 Å². The third kappa shape index (κ3) is 1.54. The van der Waals surface area contributed by atoms with Crippen LogP contribution in [-0.4, -0.2) is 15.1 Å². The fraction of sp³-hybridized carbons (Fsp3) is 0.500. The number of nitrogens with one attached hydrogen (secondary N) is 1. The Labute approximate surface area is 86.5 Å². The predicted molar refractivity (Wildman–Crippen MR) is 55.9 cm³/mol. The first-order valence-electron chi connectivity index (χ1n) is 4.76. The highest BCUT2D eigenvalue weighted by atomic mass is 16.5. The molecule has 2 heterocycles. The highest BCUT2D eigenvalue weighted by Crippen LogP contribution is 2.19. The van der Waals surface area contributed by atoms with E-state index in [0.29, 0.717) is 22.6 Å². The van der Waals surface area contributed by atoms with Gasteiger partial charge < -0.3 is 9.51 Å². The van der Waals surface area contributed by atoms with Gasteiger partial charge in [-0.25, -0.2) is 0 Å². The number of rotatable bonds is 0. The fourth-order valence-electron chi connectivity index (χ4n) is 1.35. The Morgan fingerprint density at radius 3 is 2.60 bits per heavy atom. The molecule has 0 aromatic carbocycles. The molecule has 0 aliphatic rings. The molecule has 0 bridgehead atoms. The van der Waals surface area contributed by atoms with Gasteiger partial charge in [0.1, 0.15) is 11.2 Å². The average Bonchev–Trinajstić information content (AvgIpc) is 2.46. The summed E-state index contributed by atoms with van der Waals surface area (Å²) in [6, 6.07) is 0. The molecule has 2 aromatic rings. The number of H-pyrrole nitrogens is 1. The molecule has 2 rings (SSSR count). The molecule has 0 amide bonds. The molecule has 0 unspecified atom stereocenters. The zero-order chi connectivity index (χ0) is 11.2. The van der Waals surface area contributed by atoms with Gasteiger partial charge in [-0.15, -0.1) is 0 Å². The van der Waals surface area contributed by atoms with Gasteiger partial charge in [-0.2, -0.15) is 4.98 Å². The monoisotopic (exact) mass is 207 g/mol. The van der Waals surface area contributed by atoms with Crippen molar-refractivity contribution < 1.29 is 4.52 Å². The maximum Gasteiger partial charge on any atom is 0.265 e. The third-order valence-corrected chi connectivity index (χ3v) is 2.23. The van der Waals surface area contributed by atoms with Gasteiger partial charge in [-0.05, 0) is 6.92 Å². The first kappa shape index (κ1) is 9.89. The lowest BCUT2D eigenvalue weighted by Crippen LogP contribution is -2.21. The lowest BCUT2D eigenvalue weighted by atomic mass is 9.96. The summed E-state index contributed by atoms with van der Waals surface area (Å²) in [4.78, 5) is 18.7. The molecule has 0 spiro atoms. The quantitative estimate of drug-likeness (QED) is 0.710. The van der Waals surface area contributed by atoms with Gasteiger partial charge in [0.25, 0.3) is 11.3 Å². The largest absolute Gasteiger partial charge is 0.335 e. The van der Waals surface area contributed by atoms with Crippen molar-refractivity contribution in [1.29, 1.82) is 0 Å². The number of hydrogen-bond donors (Lipinski definition) is 1. The van der Waals surface area contributed by atoms with Crippen LogP contribution in [0.1, 0.15) is 32.3 Å². The van der Waals surface area contributed by atoms with Crippen molar-refractivity contribution in [3.63, 3.8) is 0 Å². The van der Waals surface area contributed by atoms with E-state index in [1.165, 1.54) is 0 Å². The van der Waals surface area contributed by atoms with Crippen molar-refractivity contribution in [2.45, 2.75) is 33.1 Å². The number of aromatic nitrogens is 3. The first-order chi connectivity index (χ1) is 6.89. The van der Waals surface area contributed by atoms with Gasteiger partial charge in [-0.3, -0.25) is 4.79 Å². The highest BCUT2D eigenvalue weighted by molar-refractivity contribution is 5.74. The predicted octanol–water partition coefficient (Wildman–Crippen LogP) is 1.52. The molecule has 0 saturated carbocycles. The Morgan fingerprint density at radius 2 is 2.00 bits per heavy atom. The second kappa shape index (κ2) is 2.92. The summed E-state index contributed by atoms with van der Waals surface area (Å²) in [5, 5.41) is 4.16. The molecule has 0 radical (unpaired) electrons. The third-order valence-electron chi connectivity index (χ3n) is 2.23. The minimum Gasteiger partial charge on any atom is -0.335 e. The Hall–Kier alpha value is -1.65. The fourth-order valence-corrected chi connectivity index (χ4v) is 1.35. The summed E-state index contributed by atoms with van der Waals surface area (Å²) in [6.07, 6.45) is 0. The van der Waals surface area contributed by atoms with E-state index in [-0.39, 0.29) is 11.0 Å². The molecule has 80 valence electrons. The van der Waals surface area contributed by atoms with Gasteiger partial charge in [-0.1, -0.05) is 25.9 Å². The summed E-state index contributed by atoms with van der Waals surface area (Å²) >= 11 is 0. The van der Waals surface area contributed by atoms with E-state index in [1.54, 1.807) is 6.92 Å². The van der Waals surface area contributed by atoms with Crippen molar-refractivity contribution in [3.8, 4) is 0 Å². The maximum absolute atomic E-state index is 11.7. The molecule has 1 N–H and O–H groups in total. The zero-order valence-corrected chi connectivity index (χ0v) is 9.21. The van der Waals surface area contributed by atoms with Crippen LogP contribution in [0.4, 0.5) is 0 Å². The molecular weight excluding hydrogens is 194 g/mol. The molecule has 5 heteroatoms. The van der Waals surface area contributed by atoms with Crippen molar-refractivity contribution in [2.24, 2.45) is 0 Å². The van der Waals surface area contributed by atoms with Crippen LogP contribution in [0.2, 0.25) is 0 Å². The number of nitrogens with zero attached hydrogens (tertiary/aromatic N) is 2. The van der Waals surface area contributed by atoms with Crippen LogP contribution in [0.25, 0.3) is 11.1 Å². The lowest BCUT2D eigenvalue weighted by Gasteiger charge is -2.15. The number of fused-ring (bicyclic) bond motifs is 1. The molecule has 0 atom stereocenters. The van der Waals surface area contributed by atoms with Crippen LogP contribution in [0.3, 0.4) is 0 Å². The molecule has 0 aliphatic carbocycles. The van der Waals surface area contributed by atoms with Crippen LogP contribution >= 0.6 is 0 Å². The van der Waals surface area contributed by atoms with Crippen LogP contribution in [0, 0.1) is 6.92 Å². The van der Waals surface area contributed by atoms with E-state index >= 15 is 0 Å². The van der Waals surface area contributed by atoms with Gasteiger partial charge in [0.15, 0.2) is 0 Å². The van der Waals surface area contributed by atoms with Gasteiger partial charge in [0.05, 0.1) is 5.69 Å². The normalized spacial score (nSPS) is 12.3. The second-order valence-corrected chi connectivity index (χ2v) is 4.61. The topological polar surface area (TPSA) is 71.8 Å². The number of aryl methyl sites for hydroxylation is 1. The Morgan fingerprint density at radius 1 is 1.33 bits per heavy atom. The summed E-state index contributed by atoms with van der Waals surface area (Å²) < 4.78 is 4.98. The highest BCUT2D eigenvalue weighted by Gasteiger charge is 2.20. The van der Waals surface area contributed by atoms with E-state index in [0.717, 1.165) is 0 Å². The van der Waals surface area contributed by atoms with E-state index < -0.39 is 0 Å². The second-order valence-electron chi connectivity index (χ2n) is 4.61. The molecule has 2 aromatic heterocycles. The van der Waals surface area contributed by atoms with Gasteiger partial charge >= 0.3 is 0 Å². The summed E-state index contributed by atoms with van der Waals surface area (Å²) in [7, 11) is 0. The first-order valence-corrected chi connectivity index (χ1v) is 4.76. The zero-order valence-electron chi connectivity index (χ0n) is 9.21. The summed E-state index contributed by atoms with van der Waals surface area (Å²) in [5.74, 6) is 0.608. The number of hydrogen-bond acceptors (Lipinski definition) is 4. The molecular formula is C10H13N3O2. The van der Waals surface area contributed by atoms with Crippen LogP contribution in [-0.2, 0) is 5.41 Å². The summed E-state index contributed by atoms with van der Waals surface area (Å²) in [6.45, 7) is 7.64. The van der Waals surface area contributed by atoms with Crippen molar-refractivity contribution in [1.82, 2.24) is 15.1 Å². The van der Waals surface area contributed by atoms with Gasteiger partial charge in [0.2, 0.25) is 0 Å². The van der Waals surface area contributed by atoms with Crippen molar-refractivity contribution in [3.05, 3.63) is 21.9 Å². The maximum atomic E-state index is 11.7. The van der Waals surface area contributed by atoms with E-state index in [4.69, 9.17) is 4.52 Å². The van der Waals surface area contributed by atoms with E-state index in [2.05, 4.69) is 15.1 Å². The smallest absolute Gasteiger partial charge is 0.265 e. The Kier molecular flexibility index (Phi) is 1.92. The van der Waals surface area contributed by atoms with Crippen molar-refractivity contribution >= 4 is 11.1 Å². The molecule has 0 aliphatic heterocycles. The minimum absolute atomic E-state index is 0.191. The van der Waals surface area contributed by atoms with Crippen LogP contribution in [0.5, 0.6) is 0 Å². The summed E-state index contributed by atoms with van der Waals surface area (Å²) in [5.41, 5.74) is 0.470. The standard InChI is InChI=1S/C10H13N3O2/c1-5-6-7(14)11-9(10(2,3)4)12-8(6)15-13-5/h1-4H3,(H,11,12,14). The molecule has 0 saturated heterocycles. The molecule has 15 heavy (non-hydrogen) atoms. The van der Waals surface area contributed by atoms with Crippen LogP contribution in [0.15, 0.2) is 9.32 Å². The minimum atomic E-state index is -0.214. The van der Waals surface area contributed by atoms with Gasteiger partial charge in [0, 0.05) is 5.41 Å².